The highest BCUT2D eigenvalue weighted by molar-refractivity contribution is 6.35. The van der Waals surface area contributed by atoms with Gasteiger partial charge in [0.05, 0.1) is 11.3 Å². The molecule has 0 aliphatic rings. The molecule has 0 fully saturated rings. The van der Waals surface area contributed by atoms with E-state index in [1.807, 2.05) is 24.5 Å². The molecule has 0 N–H and O–H groups in total. The Labute approximate surface area is 101 Å². The van der Waals surface area contributed by atoms with Crippen molar-refractivity contribution < 1.29 is 4.42 Å². The number of benzene rings is 1. The zero-order valence-electron chi connectivity index (χ0n) is 9.79. The van der Waals surface area contributed by atoms with Crippen molar-refractivity contribution in [1.29, 1.82) is 0 Å². The summed E-state index contributed by atoms with van der Waals surface area (Å²) in [6, 6.07) is 5.82. The van der Waals surface area contributed by atoms with Gasteiger partial charge in [-0.1, -0.05) is 44.4 Å². The highest BCUT2D eigenvalue weighted by Gasteiger charge is 2.14. The zero-order valence-corrected chi connectivity index (χ0v) is 10.6. The molecule has 0 spiro atoms. The van der Waals surface area contributed by atoms with E-state index in [-0.39, 0.29) is 0 Å². The SMILES string of the molecule is CCCCC(C)c1coc2cccc(Cl)c12. The maximum absolute atomic E-state index is 6.22. The average Bonchev–Trinajstić information content (AvgIpc) is 2.71. The lowest BCUT2D eigenvalue weighted by atomic mass is 9.95. The quantitative estimate of drug-likeness (QED) is 0.695. The van der Waals surface area contributed by atoms with Gasteiger partial charge in [0.2, 0.25) is 0 Å². The van der Waals surface area contributed by atoms with E-state index >= 15 is 0 Å². The van der Waals surface area contributed by atoms with Crippen LogP contribution in [0.2, 0.25) is 5.02 Å². The van der Waals surface area contributed by atoms with Crippen molar-refractivity contribution in [2.45, 2.75) is 39.0 Å². The molecule has 0 aliphatic carbocycles. The lowest BCUT2D eigenvalue weighted by Crippen LogP contribution is -1.92. The molecule has 2 rings (SSSR count). The Bertz CT molecular complexity index is 473. The largest absolute Gasteiger partial charge is 0.464 e. The summed E-state index contributed by atoms with van der Waals surface area (Å²) < 4.78 is 5.55. The summed E-state index contributed by atoms with van der Waals surface area (Å²) in [5.74, 6) is 0.515. The Hall–Kier alpha value is -0.950. The lowest BCUT2D eigenvalue weighted by Gasteiger charge is -2.09. The molecule has 0 radical (unpaired) electrons. The number of hydrogen-bond acceptors (Lipinski definition) is 1. The molecule has 2 aromatic rings. The Balaban J connectivity index is 2.37. The van der Waals surface area contributed by atoms with Crippen molar-refractivity contribution in [2.75, 3.05) is 0 Å². The summed E-state index contributed by atoms with van der Waals surface area (Å²) in [7, 11) is 0. The number of halogens is 1. The smallest absolute Gasteiger partial charge is 0.135 e. The molecule has 16 heavy (non-hydrogen) atoms. The van der Waals surface area contributed by atoms with Crippen LogP contribution in [-0.2, 0) is 0 Å². The van der Waals surface area contributed by atoms with Crippen molar-refractivity contribution in [2.24, 2.45) is 0 Å². The van der Waals surface area contributed by atoms with E-state index < -0.39 is 0 Å². The summed E-state index contributed by atoms with van der Waals surface area (Å²) in [5.41, 5.74) is 2.14. The summed E-state index contributed by atoms with van der Waals surface area (Å²) in [6.45, 7) is 4.45. The van der Waals surface area contributed by atoms with Crippen LogP contribution in [0.15, 0.2) is 28.9 Å². The predicted octanol–water partition coefficient (Wildman–Crippen LogP) is 5.38. The first-order valence-electron chi connectivity index (χ1n) is 5.89. The number of unbranched alkanes of at least 4 members (excludes halogenated alkanes) is 1. The van der Waals surface area contributed by atoms with Crippen LogP contribution in [0, 0.1) is 0 Å². The molecule has 1 unspecified atom stereocenters. The van der Waals surface area contributed by atoms with E-state index in [1.165, 1.54) is 24.8 Å². The fraction of sp³-hybridized carbons (Fsp3) is 0.429. The molecule has 1 nitrogen and oxygen atoms in total. The average molecular weight is 237 g/mol. The number of fused-ring (bicyclic) bond motifs is 1. The van der Waals surface area contributed by atoms with Crippen LogP contribution in [0.1, 0.15) is 44.6 Å². The van der Waals surface area contributed by atoms with E-state index in [2.05, 4.69) is 13.8 Å². The molecule has 2 heteroatoms. The van der Waals surface area contributed by atoms with Crippen molar-refractivity contribution in [3.8, 4) is 0 Å². The highest BCUT2D eigenvalue weighted by atomic mass is 35.5. The summed E-state index contributed by atoms with van der Waals surface area (Å²) in [5, 5.41) is 1.89. The van der Waals surface area contributed by atoms with Gasteiger partial charge >= 0.3 is 0 Å². The minimum absolute atomic E-state index is 0.515. The third kappa shape index (κ3) is 2.10. The van der Waals surface area contributed by atoms with E-state index in [1.54, 1.807) is 0 Å². The van der Waals surface area contributed by atoms with Gasteiger partial charge in [-0.15, -0.1) is 0 Å². The first-order chi connectivity index (χ1) is 7.74. The Kier molecular flexibility index (Phi) is 3.55. The van der Waals surface area contributed by atoms with Crippen LogP contribution in [0.3, 0.4) is 0 Å². The van der Waals surface area contributed by atoms with E-state index in [0.717, 1.165) is 16.0 Å². The minimum atomic E-state index is 0.515. The summed E-state index contributed by atoms with van der Waals surface area (Å²) in [6.07, 6.45) is 5.53. The van der Waals surface area contributed by atoms with Gasteiger partial charge in [0.25, 0.3) is 0 Å². The monoisotopic (exact) mass is 236 g/mol. The van der Waals surface area contributed by atoms with Crippen LogP contribution in [-0.4, -0.2) is 0 Å². The Morgan fingerprint density at radius 1 is 1.38 bits per heavy atom. The van der Waals surface area contributed by atoms with Crippen LogP contribution in [0.5, 0.6) is 0 Å². The number of hydrogen-bond donors (Lipinski definition) is 0. The number of rotatable bonds is 4. The first-order valence-corrected chi connectivity index (χ1v) is 6.27. The molecule has 86 valence electrons. The second kappa shape index (κ2) is 4.92. The molecular formula is C14H17ClO. The van der Waals surface area contributed by atoms with E-state index in [0.29, 0.717) is 5.92 Å². The van der Waals surface area contributed by atoms with Gasteiger partial charge in [0, 0.05) is 10.9 Å². The highest BCUT2D eigenvalue weighted by Crippen LogP contribution is 2.34. The fourth-order valence-electron chi connectivity index (χ4n) is 2.10. The third-order valence-corrected chi connectivity index (χ3v) is 3.41. The molecule has 0 saturated heterocycles. The maximum Gasteiger partial charge on any atom is 0.135 e. The summed E-state index contributed by atoms with van der Waals surface area (Å²) >= 11 is 6.22. The molecule has 1 heterocycles. The van der Waals surface area contributed by atoms with Crippen molar-refractivity contribution in [3.05, 3.63) is 35.0 Å². The van der Waals surface area contributed by atoms with Gasteiger partial charge < -0.3 is 4.42 Å². The van der Waals surface area contributed by atoms with Gasteiger partial charge in [-0.2, -0.15) is 0 Å². The van der Waals surface area contributed by atoms with E-state index in [9.17, 15) is 0 Å². The van der Waals surface area contributed by atoms with Gasteiger partial charge in [-0.05, 0) is 24.5 Å². The number of furan rings is 1. The fourth-order valence-corrected chi connectivity index (χ4v) is 2.37. The summed E-state index contributed by atoms with van der Waals surface area (Å²) in [4.78, 5) is 0. The molecule has 0 amide bonds. The van der Waals surface area contributed by atoms with Gasteiger partial charge in [-0.25, -0.2) is 0 Å². The molecular weight excluding hydrogens is 220 g/mol. The molecule has 1 atom stereocenters. The molecule has 0 bridgehead atoms. The molecule has 1 aromatic heterocycles. The molecule has 0 saturated carbocycles. The maximum atomic E-state index is 6.22. The molecule has 0 aliphatic heterocycles. The van der Waals surface area contributed by atoms with Crippen molar-refractivity contribution in [1.82, 2.24) is 0 Å². The van der Waals surface area contributed by atoms with E-state index in [4.69, 9.17) is 16.0 Å². The second-order valence-corrected chi connectivity index (χ2v) is 4.75. The predicted molar refractivity (Wildman–Crippen MR) is 69.2 cm³/mol. The van der Waals surface area contributed by atoms with Crippen LogP contribution in [0.4, 0.5) is 0 Å². The lowest BCUT2D eigenvalue weighted by molar-refractivity contribution is 0.584. The zero-order chi connectivity index (χ0) is 11.5. The normalized spacial score (nSPS) is 13.2. The minimum Gasteiger partial charge on any atom is -0.464 e. The van der Waals surface area contributed by atoms with Crippen molar-refractivity contribution >= 4 is 22.6 Å². The Morgan fingerprint density at radius 2 is 2.19 bits per heavy atom. The molecule has 1 aromatic carbocycles. The first kappa shape index (κ1) is 11.5. The van der Waals surface area contributed by atoms with Gasteiger partial charge in [0.15, 0.2) is 0 Å². The van der Waals surface area contributed by atoms with Crippen molar-refractivity contribution in [3.63, 3.8) is 0 Å². The third-order valence-electron chi connectivity index (χ3n) is 3.10. The van der Waals surface area contributed by atoms with Gasteiger partial charge in [0.1, 0.15) is 5.58 Å². The van der Waals surface area contributed by atoms with Crippen LogP contribution < -0.4 is 0 Å². The van der Waals surface area contributed by atoms with Crippen LogP contribution >= 0.6 is 11.6 Å². The van der Waals surface area contributed by atoms with Gasteiger partial charge in [-0.3, -0.25) is 0 Å². The van der Waals surface area contributed by atoms with Crippen LogP contribution in [0.25, 0.3) is 11.0 Å². The standard InChI is InChI=1S/C14H17ClO/c1-3-4-6-10(2)11-9-16-13-8-5-7-12(15)14(11)13/h5,7-10H,3-4,6H2,1-2H3. The Morgan fingerprint density at radius 3 is 2.94 bits per heavy atom. The second-order valence-electron chi connectivity index (χ2n) is 4.35. The topological polar surface area (TPSA) is 13.1 Å².